The number of nitrogen functional groups attached to an aromatic ring is 1. The van der Waals surface area contributed by atoms with Gasteiger partial charge < -0.3 is 10.5 Å². The van der Waals surface area contributed by atoms with E-state index in [4.69, 9.17) is 22.1 Å². The van der Waals surface area contributed by atoms with E-state index in [2.05, 4.69) is 0 Å². The topological polar surface area (TPSA) is 52.3 Å². The summed E-state index contributed by atoms with van der Waals surface area (Å²) >= 11 is 5.81. The molecule has 0 bridgehead atoms. The van der Waals surface area contributed by atoms with Gasteiger partial charge >= 0.3 is 0 Å². The first-order valence-electron chi connectivity index (χ1n) is 4.29. The van der Waals surface area contributed by atoms with Crippen molar-refractivity contribution in [3.8, 4) is 5.75 Å². The number of Topliss-reactive ketones (excluding diaryl/α,β-unsaturated/α-hetero) is 1. The van der Waals surface area contributed by atoms with Crippen LogP contribution in [0, 0.1) is 0 Å². The summed E-state index contributed by atoms with van der Waals surface area (Å²) < 4.78 is 5.25. The third-order valence-corrected chi connectivity index (χ3v) is 2.00. The van der Waals surface area contributed by atoms with Crippen LogP contribution in [0.3, 0.4) is 0 Å². The lowest BCUT2D eigenvalue weighted by molar-refractivity contribution is 0.101. The van der Waals surface area contributed by atoms with Crippen molar-refractivity contribution in [2.45, 2.75) is 13.8 Å². The molecule has 0 aliphatic rings. The number of ether oxygens (including phenoxy) is 1. The molecule has 0 saturated heterocycles. The van der Waals surface area contributed by atoms with Gasteiger partial charge in [0.2, 0.25) is 0 Å². The van der Waals surface area contributed by atoms with Crippen LogP contribution in [0.4, 0.5) is 5.69 Å². The molecule has 0 radical (unpaired) electrons. The van der Waals surface area contributed by atoms with E-state index in [1.54, 1.807) is 12.1 Å². The van der Waals surface area contributed by atoms with Gasteiger partial charge in [0, 0.05) is 16.7 Å². The maximum atomic E-state index is 11.2. The minimum Gasteiger partial charge on any atom is -0.492 e. The highest BCUT2D eigenvalue weighted by atomic mass is 35.5. The summed E-state index contributed by atoms with van der Waals surface area (Å²) in [6.07, 6.45) is 0. The Bertz CT molecular complexity index is 363. The van der Waals surface area contributed by atoms with E-state index in [0.717, 1.165) is 0 Å². The van der Waals surface area contributed by atoms with Crippen LogP contribution < -0.4 is 10.5 Å². The first-order chi connectivity index (χ1) is 6.56. The van der Waals surface area contributed by atoms with Gasteiger partial charge in [-0.2, -0.15) is 0 Å². The third kappa shape index (κ3) is 2.17. The molecule has 4 heteroatoms. The fourth-order valence-electron chi connectivity index (χ4n) is 1.16. The van der Waals surface area contributed by atoms with Crippen LogP contribution in [0.2, 0.25) is 5.02 Å². The van der Waals surface area contributed by atoms with E-state index in [0.29, 0.717) is 28.6 Å². The van der Waals surface area contributed by atoms with Crippen LogP contribution in [0.5, 0.6) is 5.75 Å². The highest BCUT2D eigenvalue weighted by molar-refractivity contribution is 6.31. The van der Waals surface area contributed by atoms with Gasteiger partial charge in [0.1, 0.15) is 5.75 Å². The van der Waals surface area contributed by atoms with Crippen molar-refractivity contribution in [2.24, 2.45) is 0 Å². The van der Waals surface area contributed by atoms with E-state index in [1.807, 2.05) is 6.92 Å². The van der Waals surface area contributed by atoms with Gasteiger partial charge in [-0.25, -0.2) is 0 Å². The molecule has 1 aromatic carbocycles. The molecule has 3 nitrogen and oxygen atoms in total. The number of anilines is 1. The van der Waals surface area contributed by atoms with Gasteiger partial charge in [-0.15, -0.1) is 0 Å². The Morgan fingerprint density at radius 1 is 1.57 bits per heavy atom. The number of carbonyl (C=O) groups is 1. The lowest BCUT2D eigenvalue weighted by Crippen LogP contribution is -2.03. The molecule has 0 saturated carbocycles. The molecule has 0 unspecified atom stereocenters. The number of hydrogen-bond acceptors (Lipinski definition) is 3. The van der Waals surface area contributed by atoms with Gasteiger partial charge in [0.25, 0.3) is 0 Å². The molecule has 76 valence electrons. The van der Waals surface area contributed by atoms with Gasteiger partial charge in [-0.3, -0.25) is 4.79 Å². The monoisotopic (exact) mass is 213 g/mol. The van der Waals surface area contributed by atoms with E-state index < -0.39 is 0 Å². The fraction of sp³-hybridized carbons (Fsp3) is 0.300. The van der Waals surface area contributed by atoms with Gasteiger partial charge in [0.15, 0.2) is 5.78 Å². The molecule has 2 N–H and O–H groups in total. The van der Waals surface area contributed by atoms with Gasteiger partial charge in [0.05, 0.1) is 12.3 Å². The Morgan fingerprint density at radius 2 is 2.21 bits per heavy atom. The summed E-state index contributed by atoms with van der Waals surface area (Å²) in [5.74, 6) is 0.344. The van der Waals surface area contributed by atoms with Crippen molar-refractivity contribution in [1.82, 2.24) is 0 Å². The number of hydrogen-bond donors (Lipinski definition) is 1. The zero-order valence-electron chi connectivity index (χ0n) is 8.13. The maximum absolute atomic E-state index is 11.2. The first kappa shape index (κ1) is 10.9. The largest absolute Gasteiger partial charge is 0.492 e. The van der Waals surface area contributed by atoms with Crippen molar-refractivity contribution in [3.05, 3.63) is 22.7 Å². The summed E-state index contributed by atoms with van der Waals surface area (Å²) in [6, 6.07) is 3.15. The molecule has 0 aliphatic carbocycles. The molecule has 0 aliphatic heterocycles. The Hall–Kier alpha value is -1.22. The average molecular weight is 214 g/mol. The van der Waals surface area contributed by atoms with Gasteiger partial charge in [-0.1, -0.05) is 11.6 Å². The lowest BCUT2D eigenvalue weighted by Gasteiger charge is -2.10. The lowest BCUT2D eigenvalue weighted by atomic mass is 10.1. The average Bonchev–Trinajstić information content (AvgIpc) is 2.10. The first-order valence-corrected chi connectivity index (χ1v) is 4.66. The predicted octanol–water partition coefficient (Wildman–Crippen LogP) is 2.52. The minimum atomic E-state index is -0.119. The molecule has 0 fully saturated rings. The third-order valence-electron chi connectivity index (χ3n) is 1.79. The van der Waals surface area contributed by atoms with E-state index >= 15 is 0 Å². The molecule has 0 aromatic heterocycles. The zero-order chi connectivity index (χ0) is 10.7. The molecular formula is C10H12ClNO2. The molecule has 1 rings (SSSR count). The number of rotatable bonds is 3. The Morgan fingerprint density at radius 3 is 2.71 bits per heavy atom. The Balaban J connectivity index is 3.24. The van der Waals surface area contributed by atoms with Crippen LogP contribution in [-0.4, -0.2) is 12.4 Å². The number of ketones is 1. The fourth-order valence-corrected chi connectivity index (χ4v) is 1.37. The number of carbonyl (C=O) groups excluding carboxylic acids is 1. The van der Waals surface area contributed by atoms with Crippen molar-refractivity contribution in [3.63, 3.8) is 0 Å². The second kappa shape index (κ2) is 4.33. The summed E-state index contributed by atoms with van der Waals surface area (Å²) in [6.45, 7) is 3.77. The van der Waals surface area contributed by atoms with E-state index in [1.165, 1.54) is 6.92 Å². The SMILES string of the molecule is CCOc1cc(Cl)cc(C(C)=O)c1N. The Labute approximate surface area is 87.8 Å². The summed E-state index contributed by atoms with van der Waals surface area (Å²) in [5.41, 5.74) is 6.49. The van der Waals surface area contributed by atoms with Gasteiger partial charge in [-0.05, 0) is 19.9 Å². The number of benzene rings is 1. The normalized spacial score (nSPS) is 9.93. The highest BCUT2D eigenvalue weighted by Gasteiger charge is 2.11. The molecule has 0 spiro atoms. The minimum absolute atomic E-state index is 0.119. The Kier molecular flexibility index (Phi) is 3.36. The number of halogens is 1. The second-order valence-corrected chi connectivity index (χ2v) is 3.29. The quantitative estimate of drug-likeness (QED) is 0.620. The van der Waals surface area contributed by atoms with E-state index in [-0.39, 0.29) is 5.78 Å². The summed E-state index contributed by atoms with van der Waals surface area (Å²) in [7, 11) is 0. The van der Waals surface area contributed by atoms with Crippen LogP contribution in [0.25, 0.3) is 0 Å². The summed E-state index contributed by atoms with van der Waals surface area (Å²) in [4.78, 5) is 11.2. The van der Waals surface area contributed by atoms with Crippen LogP contribution in [0.1, 0.15) is 24.2 Å². The zero-order valence-corrected chi connectivity index (χ0v) is 8.89. The molecule has 0 amide bonds. The standard InChI is InChI=1S/C10H12ClNO2/c1-3-14-9-5-7(11)4-8(6(2)13)10(9)12/h4-5H,3,12H2,1-2H3. The van der Waals surface area contributed by atoms with Crippen molar-refractivity contribution in [2.75, 3.05) is 12.3 Å². The van der Waals surface area contributed by atoms with Crippen LogP contribution in [-0.2, 0) is 0 Å². The van der Waals surface area contributed by atoms with Crippen molar-refractivity contribution >= 4 is 23.1 Å². The smallest absolute Gasteiger partial charge is 0.162 e. The number of nitrogens with two attached hydrogens (primary N) is 1. The molecule has 0 heterocycles. The summed E-state index contributed by atoms with van der Waals surface area (Å²) in [5, 5.41) is 0.452. The van der Waals surface area contributed by atoms with Crippen LogP contribution >= 0.6 is 11.6 Å². The van der Waals surface area contributed by atoms with Crippen molar-refractivity contribution in [1.29, 1.82) is 0 Å². The molecule has 14 heavy (non-hydrogen) atoms. The van der Waals surface area contributed by atoms with Crippen LogP contribution in [0.15, 0.2) is 12.1 Å². The second-order valence-electron chi connectivity index (χ2n) is 2.85. The maximum Gasteiger partial charge on any atom is 0.162 e. The molecule has 1 aromatic rings. The van der Waals surface area contributed by atoms with E-state index in [9.17, 15) is 4.79 Å². The molecular weight excluding hydrogens is 202 g/mol. The molecule has 0 atom stereocenters. The predicted molar refractivity (Wildman–Crippen MR) is 57.0 cm³/mol. The highest BCUT2D eigenvalue weighted by Crippen LogP contribution is 2.30. The van der Waals surface area contributed by atoms with Crippen molar-refractivity contribution < 1.29 is 9.53 Å².